The number of ketones is 2. The molecule has 3 aromatic heterocycles. The SMILES string of the molecule is CCO.FC(F)(F)c1cc(-c2ccco2)n[nH]1.NN.O=C(CC(=O)C(F)(F)F)c1ccco1. The lowest BCUT2D eigenvalue weighted by atomic mass is 10.1. The van der Waals surface area contributed by atoms with Gasteiger partial charge >= 0.3 is 12.4 Å². The van der Waals surface area contributed by atoms with Gasteiger partial charge in [-0.25, -0.2) is 0 Å². The van der Waals surface area contributed by atoms with Crippen LogP contribution in [0.5, 0.6) is 0 Å². The topological polar surface area (TPSA) is 161 Å². The maximum absolute atomic E-state index is 12.1. The number of nitrogens with zero attached hydrogens (tertiary/aromatic N) is 1. The van der Waals surface area contributed by atoms with E-state index in [1.54, 1.807) is 13.0 Å². The van der Waals surface area contributed by atoms with Gasteiger partial charge in [-0.1, -0.05) is 0 Å². The zero-order valence-electron chi connectivity index (χ0n) is 16.9. The van der Waals surface area contributed by atoms with Crippen LogP contribution < -0.4 is 11.7 Å². The number of furan rings is 2. The third-order valence-electron chi connectivity index (χ3n) is 3.09. The van der Waals surface area contributed by atoms with Crippen LogP contribution in [-0.4, -0.2) is 39.7 Å². The molecule has 0 bridgehead atoms. The highest BCUT2D eigenvalue weighted by atomic mass is 19.4. The molecule has 0 fully saturated rings. The molecule has 6 N–H and O–H groups in total. The Labute approximate surface area is 182 Å². The molecule has 3 rings (SSSR count). The standard InChI is InChI=1S/C8H5F3N2O.C8H5F3O3.C2H6O.H4N2/c9-8(10,11)7-4-5(12-13-7)6-2-1-3-14-6;9-8(10,11)7(13)4-5(12)6-2-1-3-14-6;1-2-3;1-2/h1-4H,(H,12,13);1-3H,4H2;3H,2H2,1H3;1-2H2. The summed E-state index contributed by atoms with van der Waals surface area (Å²) >= 11 is 0. The molecule has 0 aliphatic carbocycles. The van der Waals surface area contributed by atoms with Gasteiger partial charge in [-0.3, -0.25) is 26.4 Å². The number of aliphatic hydroxyl groups excluding tert-OH is 1. The normalized spacial score (nSPS) is 10.6. The van der Waals surface area contributed by atoms with Crippen LogP contribution in [0, 0.1) is 0 Å². The summed E-state index contributed by atoms with van der Waals surface area (Å²) in [6, 6.07) is 6.57. The van der Waals surface area contributed by atoms with Gasteiger partial charge in [-0.2, -0.15) is 31.4 Å². The number of aromatic nitrogens is 2. The Morgan fingerprint density at radius 3 is 2.00 bits per heavy atom. The predicted octanol–water partition coefficient (Wildman–Crippen LogP) is 3.49. The Kier molecular flexibility index (Phi) is 12.4. The van der Waals surface area contributed by atoms with Crippen LogP contribution in [0.25, 0.3) is 11.5 Å². The van der Waals surface area contributed by atoms with Crippen molar-refractivity contribution in [1.29, 1.82) is 0 Å². The summed E-state index contributed by atoms with van der Waals surface area (Å²) in [5.41, 5.74) is -0.744. The third-order valence-corrected chi connectivity index (χ3v) is 3.09. The number of nitrogens with one attached hydrogen (secondary N) is 1. The maximum Gasteiger partial charge on any atom is 0.450 e. The first-order valence-electron chi connectivity index (χ1n) is 8.67. The monoisotopic (exact) mass is 486 g/mol. The molecule has 0 aliphatic rings. The van der Waals surface area contributed by atoms with E-state index in [-0.39, 0.29) is 18.1 Å². The molecule has 0 atom stereocenters. The fourth-order valence-corrected chi connectivity index (χ4v) is 1.79. The molecule has 3 aromatic rings. The molecule has 9 nitrogen and oxygen atoms in total. The number of halogens is 6. The number of rotatable bonds is 4. The fourth-order valence-electron chi connectivity index (χ4n) is 1.79. The average molecular weight is 486 g/mol. The van der Waals surface area contributed by atoms with Gasteiger partial charge in [0.1, 0.15) is 11.4 Å². The van der Waals surface area contributed by atoms with Crippen molar-refractivity contribution in [3.63, 3.8) is 0 Å². The van der Waals surface area contributed by atoms with Crippen molar-refractivity contribution in [2.24, 2.45) is 11.7 Å². The van der Waals surface area contributed by atoms with Gasteiger partial charge in [-0.15, -0.1) is 0 Å². The lowest BCUT2D eigenvalue weighted by Crippen LogP contribution is -2.25. The number of carbonyl (C=O) groups excluding carboxylic acids is 2. The molecule has 0 radical (unpaired) electrons. The number of hydrogen-bond donors (Lipinski definition) is 4. The van der Waals surface area contributed by atoms with Crippen molar-refractivity contribution in [3.05, 3.63) is 54.3 Å². The van der Waals surface area contributed by atoms with E-state index in [9.17, 15) is 35.9 Å². The number of aromatic amines is 1. The lowest BCUT2D eigenvalue weighted by Gasteiger charge is -2.02. The Balaban J connectivity index is 0.000000520. The summed E-state index contributed by atoms with van der Waals surface area (Å²) in [6.07, 6.45) is -8.07. The molecule has 3 heterocycles. The molecular weight excluding hydrogens is 466 g/mol. The number of nitrogens with two attached hydrogens (primary N) is 2. The van der Waals surface area contributed by atoms with Crippen molar-refractivity contribution in [2.75, 3.05) is 6.61 Å². The minimum Gasteiger partial charge on any atom is -0.463 e. The first kappa shape index (κ1) is 29.6. The van der Waals surface area contributed by atoms with Gasteiger partial charge in [0.15, 0.2) is 11.5 Å². The number of hydrazine groups is 1. The highest BCUT2D eigenvalue weighted by Gasteiger charge is 2.39. The van der Waals surface area contributed by atoms with Crippen LogP contribution in [0.3, 0.4) is 0 Å². The van der Waals surface area contributed by atoms with Crippen molar-refractivity contribution in [2.45, 2.75) is 25.7 Å². The Bertz CT molecular complexity index is 935. The highest BCUT2D eigenvalue weighted by molar-refractivity contribution is 6.08. The fraction of sp³-hybridized carbons (Fsp3) is 0.278. The molecule has 0 aliphatic heterocycles. The van der Waals surface area contributed by atoms with Crippen LogP contribution in [0.15, 0.2) is 51.7 Å². The molecule has 0 amide bonds. The van der Waals surface area contributed by atoms with Crippen molar-refractivity contribution < 1.29 is 49.9 Å². The van der Waals surface area contributed by atoms with Crippen LogP contribution in [-0.2, 0) is 11.0 Å². The molecule has 0 aromatic carbocycles. The number of hydrogen-bond acceptors (Lipinski definition) is 8. The number of Topliss-reactive ketones (excluding diaryl/α,β-unsaturated/α-hetero) is 2. The number of aliphatic hydroxyl groups is 1. The minimum absolute atomic E-state index is 0.141. The number of carbonyl (C=O) groups is 2. The zero-order valence-corrected chi connectivity index (χ0v) is 16.9. The molecule has 0 saturated carbocycles. The van der Waals surface area contributed by atoms with Crippen LogP contribution in [0.4, 0.5) is 26.3 Å². The van der Waals surface area contributed by atoms with Crippen molar-refractivity contribution in [1.82, 2.24) is 10.2 Å². The van der Waals surface area contributed by atoms with E-state index in [1.165, 1.54) is 24.5 Å². The van der Waals surface area contributed by atoms with Gasteiger partial charge in [0, 0.05) is 6.61 Å². The summed E-state index contributed by atoms with van der Waals surface area (Å²) in [5.74, 6) is 5.01. The summed E-state index contributed by atoms with van der Waals surface area (Å²) in [7, 11) is 0. The molecule has 184 valence electrons. The summed E-state index contributed by atoms with van der Waals surface area (Å²) in [6.45, 7) is 1.93. The lowest BCUT2D eigenvalue weighted by molar-refractivity contribution is -0.170. The van der Waals surface area contributed by atoms with Crippen molar-refractivity contribution in [3.8, 4) is 11.5 Å². The zero-order chi connectivity index (χ0) is 25.7. The quantitative estimate of drug-likeness (QED) is 0.143. The van der Waals surface area contributed by atoms with Gasteiger partial charge in [0.05, 0.1) is 18.9 Å². The number of H-pyrrole nitrogens is 1. The average Bonchev–Trinajstić information content (AvgIpc) is 3.51. The van der Waals surface area contributed by atoms with Crippen LogP contribution in [0.2, 0.25) is 0 Å². The number of alkyl halides is 6. The van der Waals surface area contributed by atoms with E-state index in [2.05, 4.69) is 21.2 Å². The van der Waals surface area contributed by atoms with E-state index in [0.717, 1.165) is 12.3 Å². The predicted molar refractivity (Wildman–Crippen MR) is 101 cm³/mol. The molecule has 0 unspecified atom stereocenters. The third kappa shape index (κ3) is 10.6. The summed E-state index contributed by atoms with van der Waals surface area (Å²) in [5, 5.41) is 13.0. The van der Waals surface area contributed by atoms with Crippen LogP contribution in [0.1, 0.15) is 29.6 Å². The maximum atomic E-state index is 12.1. The van der Waals surface area contributed by atoms with Gasteiger partial charge in [-0.05, 0) is 37.3 Å². The summed E-state index contributed by atoms with van der Waals surface area (Å²) < 4.78 is 81.0. The summed E-state index contributed by atoms with van der Waals surface area (Å²) in [4.78, 5) is 21.3. The first-order chi connectivity index (χ1) is 15.4. The van der Waals surface area contributed by atoms with E-state index in [4.69, 9.17) is 9.52 Å². The largest absolute Gasteiger partial charge is 0.463 e. The van der Waals surface area contributed by atoms with E-state index in [0.29, 0.717) is 5.76 Å². The van der Waals surface area contributed by atoms with Gasteiger partial charge in [0.25, 0.3) is 0 Å². The molecule has 0 saturated heterocycles. The first-order valence-corrected chi connectivity index (χ1v) is 8.67. The molecule has 0 spiro atoms. The Hall–Kier alpha value is -3.43. The van der Waals surface area contributed by atoms with Crippen molar-refractivity contribution >= 4 is 11.6 Å². The smallest absolute Gasteiger partial charge is 0.450 e. The van der Waals surface area contributed by atoms with E-state index < -0.39 is 36.0 Å². The Morgan fingerprint density at radius 1 is 1.06 bits per heavy atom. The van der Waals surface area contributed by atoms with E-state index in [1.807, 2.05) is 5.10 Å². The second kappa shape index (κ2) is 13.9. The van der Waals surface area contributed by atoms with Gasteiger partial charge < -0.3 is 13.9 Å². The second-order valence-electron chi connectivity index (χ2n) is 5.46. The van der Waals surface area contributed by atoms with Crippen LogP contribution >= 0.6 is 0 Å². The minimum atomic E-state index is -4.97. The highest BCUT2D eigenvalue weighted by Crippen LogP contribution is 2.30. The molecule has 15 heteroatoms. The Morgan fingerprint density at radius 2 is 1.61 bits per heavy atom. The van der Waals surface area contributed by atoms with Gasteiger partial charge in [0.2, 0.25) is 11.6 Å². The molecular formula is C18H20F6N4O5. The second-order valence-corrected chi connectivity index (χ2v) is 5.46. The van der Waals surface area contributed by atoms with E-state index >= 15 is 0 Å². The molecule has 33 heavy (non-hydrogen) atoms.